The summed E-state index contributed by atoms with van der Waals surface area (Å²) in [6.07, 6.45) is 8.42. The van der Waals surface area contributed by atoms with Crippen molar-refractivity contribution in [3.63, 3.8) is 0 Å². The lowest BCUT2D eigenvalue weighted by Gasteiger charge is -2.29. The van der Waals surface area contributed by atoms with Gasteiger partial charge in [-0.1, -0.05) is 48.2 Å². The molecule has 2 aliphatic carbocycles. The van der Waals surface area contributed by atoms with E-state index in [2.05, 4.69) is 23.6 Å². The molecule has 6 nitrogen and oxygen atoms in total. The molecule has 6 heteroatoms. The Labute approximate surface area is 171 Å². The second kappa shape index (κ2) is 8.64. The topological polar surface area (TPSA) is 84.4 Å². The summed E-state index contributed by atoms with van der Waals surface area (Å²) >= 11 is 0. The number of nitrogens with one attached hydrogen (secondary N) is 1. The molecule has 2 aliphatic rings. The fourth-order valence-electron chi connectivity index (χ4n) is 4.45. The van der Waals surface area contributed by atoms with Gasteiger partial charge >= 0.3 is 0 Å². The van der Waals surface area contributed by atoms with Crippen molar-refractivity contribution in [3.05, 3.63) is 58.5 Å². The third-order valence-corrected chi connectivity index (χ3v) is 6.07. The zero-order valence-electron chi connectivity index (χ0n) is 16.6. The van der Waals surface area contributed by atoms with Gasteiger partial charge in [-0.3, -0.25) is 4.79 Å². The zero-order valence-corrected chi connectivity index (χ0v) is 16.6. The molecule has 2 aromatic rings. The van der Waals surface area contributed by atoms with E-state index in [0.29, 0.717) is 5.92 Å². The van der Waals surface area contributed by atoms with E-state index in [1.165, 1.54) is 37.7 Å². The Hall–Kier alpha value is -2.89. The molecule has 0 atom stereocenters. The van der Waals surface area contributed by atoms with Gasteiger partial charge in [0, 0.05) is 5.56 Å². The van der Waals surface area contributed by atoms with E-state index in [1.807, 2.05) is 24.3 Å². The van der Waals surface area contributed by atoms with Crippen LogP contribution >= 0.6 is 0 Å². The fourth-order valence-corrected chi connectivity index (χ4v) is 4.45. The number of benzene rings is 2. The first-order valence-electron chi connectivity index (χ1n) is 10.5. The van der Waals surface area contributed by atoms with Crippen molar-refractivity contribution in [1.82, 2.24) is 5.43 Å². The van der Waals surface area contributed by atoms with Gasteiger partial charge in [0.05, 0.1) is 17.4 Å². The summed E-state index contributed by atoms with van der Waals surface area (Å²) in [4.78, 5) is 23.2. The monoisotopic (exact) mass is 394 g/mol. The number of nitrogens with zero attached hydrogens (tertiary/aromatic N) is 1. The van der Waals surface area contributed by atoms with Crippen molar-refractivity contribution < 1.29 is 14.5 Å². The molecule has 29 heavy (non-hydrogen) atoms. The number of rotatable bonds is 7. The molecular formula is C23H28N3O3+. The highest BCUT2D eigenvalue weighted by Gasteiger charge is 2.26. The summed E-state index contributed by atoms with van der Waals surface area (Å²) in [5, 5.41) is 0. The molecule has 3 N–H and O–H groups in total. The summed E-state index contributed by atoms with van der Waals surface area (Å²) in [7, 11) is 0. The van der Waals surface area contributed by atoms with E-state index in [0.717, 1.165) is 35.3 Å². The second-order valence-electron chi connectivity index (χ2n) is 8.07. The Morgan fingerprint density at radius 2 is 1.79 bits per heavy atom. The van der Waals surface area contributed by atoms with Crippen LogP contribution in [0.4, 0.5) is 0 Å². The molecule has 0 aromatic heterocycles. The lowest BCUT2D eigenvalue weighted by molar-refractivity contribution is -0.605. The molecule has 0 unspecified atom stereocenters. The second-order valence-corrected chi connectivity index (χ2v) is 8.07. The third-order valence-electron chi connectivity index (χ3n) is 6.07. The van der Waals surface area contributed by atoms with Crippen LogP contribution in [0.2, 0.25) is 0 Å². The average Bonchev–Trinajstić information content (AvgIpc) is 3.14. The molecule has 0 aliphatic heterocycles. The van der Waals surface area contributed by atoms with Gasteiger partial charge in [0.15, 0.2) is 0 Å². The van der Waals surface area contributed by atoms with Gasteiger partial charge < -0.3 is 4.74 Å². The normalized spacial score (nSPS) is 17.0. The molecule has 0 saturated heterocycles. The lowest BCUT2D eigenvalue weighted by Crippen LogP contribution is -2.38. The van der Waals surface area contributed by atoms with Crippen LogP contribution in [-0.4, -0.2) is 17.0 Å². The Morgan fingerprint density at radius 1 is 1.03 bits per heavy atom. The fraction of sp³-hybridized carbons (Fsp3) is 0.435. The molecule has 2 aromatic carbocycles. The largest absolute Gasteiger partial charge is 0.490 e. The summed E-state index contributed by atoms with van der Waals surface area (Å²) < 4.78 is 6.42. The maximum Gasteiger partial charge on any atom is 0.286 e. The highest BCUT2D eigenvalue weighted by atomic mass is 16.5. The predicted molar refractivity (Wildman–Crippen MR) is 111 cm³/mol. The van der Waals surface area contributed by atoms with E-state index in [4.69, 9.17) is 10.6 Å². The average molecular weight is 394 g/mol. The van der Waals surface area contributed by atoms with Crippen LogP contribution in [0.15, 0.2) is 42.5 Å². The van der Waals surface area contributed by atoms with Gasteiger partial charge in [-0.15, -0.1) is 5.84 Å². The SMILES string of the molecule is N[N+](=O)NC(=O)Cc1cccc(OC2CCCC2)c1-c1ccccc1C1CCC1. The summed E-state index contributed by atoms with van der Waals surface area (Å²) in [6.45, 7) is 0. The summed E-state index contributed by atoms with van der Waals surface area (Å²) in [6, 6.07) is 14.3. The minimum atomic E-state index is -0.442. The van der Waals surface area contributed by atoms with Crippen LogP contribution in [-0.2, 0) is 11.2 Å². The molecule has 4 rings (SSSR count). The molecule has 0 heterocycles. The minimum absolute atomic E-state index is 0.0524. The maximum absolute atomic E-state index is 12.3. The van der Waals surface area contributed by atoms with Gasteiger partial charge in [0.1, 0.15) is 5.75 Å². The van der Waals surface area contributed by atoms with Crippen LogP contribution < -0.4 is 16.0 Å². The van der Waals surface area contributed by atoms with E-state index < -0.39 is 5.91 Å². The Bertz CT molecular complexity index is 902. The minimum Gasteiger partial charge on any atom is -0.490 e. The molecule has 0 radical (unpaired) electrons. The van der Waals surface area contributed by atoms with Crippen molar-refractivity contribution in [2.24, 2.45) is 5.84 Å². The van der Waals surface area contributed by atoms with Crippen LogP contribution in [0, 0.1) is 4.91 Å². The standard InChI is InChI=1S/C23H27N3O3/c24-26(28)25-22(27)15-17-9-6-14-21(29-18-10-1-2-11-18)23(17)20-13-4-3-12-19(20)16-7-5-8-16/h3-4,6,9,12-14,16,18H,1-2,5,7-8,10-11,15H2,(H2-,24,25,27,28)/p+1. The summed E-state index contributed by atoms with van der Waals surface area (Å²) in [5.74, 6) is 5.97. The number of nitrogens with two attached hydrogens (primary N) is 1. The summed E-state index contributed by atoms with van der Waals surface area (Å²) in [5.41, 5.74) is 6.34. The highest BCUT2D eigenvalue weighted by molar-refractivity contribution is 5.84. The van der Waals surface area contributed by atoms with E-state index in [1.54, 1.807) is 0 Å². The molecule has 152 valence electrons. The number of carbonyl (C=O) groups is 1. The van der Waals surface area contributed by atoms with Crippen molar-refractivity contribution in [1.29, 1.82) is 0 Å². The Morgan fingerprint density at radius 3 is 2.48 bits per heavy atom. The number of ether oxygens (including phenoxy) is 1. The highest BCUT2D eigenvalue weighted by Crippen LogP contribution is 2.45. The van der Waals surface area contributed by atoms with Gasteiger partial charge in [-0.2, -0.15) is 0 Å². The van der Waals surface area contributed by atoms with Crippen LogP contribution in [0.3, 0.4) is 0 Å². The van der Waals surface area contributed by atoms with Gasteiger partial charge in [-0.25, -0.2) is 0 Å². The van der Waals surface area contributed by atoms with E-state index in [-0.39, 0.29) is 17.5 Å². The Balaban J connectivity index is 1.76. The number of amides is 1. The predicted octanol–water partition coefficient (Wildman–Crippen LogP) is 4.17. The molecule has 2 saturated carbocycles. The van der Waals surface area contributed by atoms with Crippen molar-refractivity contribution in [2.45, 2.75) is 63.4 Å². The quantitative estimate of drug-likeness (QED) is 0.419. The zero-order chi connectivity index (χ0) is 20.2. The number of carbonyl (C=O) groups excluding carboxylic acids is 1. The third kappa shape index (κ3) is 4.42. The number of hydrogen-bond donors (Lipinski definition) is 2. The maximum atomic E-state index is 12.3. The van der Waals surface area contributed by atoms with Gasteiger partial charge in [0.25, 0.3) is 10.9 Å². The first-order valence-corrected chi connectivity index (χ1v) is 10.5. The molecule has 2 fully saturated rings. The molecule has 0 bridgehead atoms. The smallest absolute Gasteiger partial charge is 0.286 e. The van der Waals surface area contributed by atoms with Gasteiger partial charge in [-0.05, 0) is 67.2 Å². The van der Waals surface area contributed by atoms with Crippen molar-refractivity contribution in [3.8, 4) is 16.9 Å². The van der Waals surface area contributed by atoms with Gasteiger partial charge in [0.2, 0.25) is 0 Å². The van der Waals surface area contributed by atoms with E-state index in [9.17, 15) is 9.70 Å². The number of hydrogen-bond acceptors (Lipinski definition) is 3. The van der Waals surface area contributed by atoms with E-state index >= 15 is 0 Å². The molecule has 0 spiro atoms. The van der Waals surface area contributed by atoms with Crippen molar-refractivity contribution in [2.75, 3.05) is 0 Å². The molecular weight excluding hydrogens is 366 g/mol. The lowest BCUT2D eigenvalue weighted by atomic mass is 9.76. The van der Waals surface area contributed by atoms with Crippen molar-refractivity contribution >= 4 is 5.91 Å². The van der Waals surface area contributed by atoms with Crippen LogP contribution in [0.25, 0.3) is 11.1 Å². The Kier molecular flexibility index (Phi) is 5.79. The number of hydrazine groups is 2. The van der Waals surface area contributed by atoms with Crippen LogP contribution in [0.1, 0.15) is 62.0 Å². The van der Waals surface area contributed by atoms with Crippen LogP contribution in [0.5, 0.6) is 5.75 Å². The first kappa shape index (κ1) is 19.4. The number of nitroso groups, excluding NO2 is 1. The first-order chi connectivity index (χ1) is 14.1. The molecule has 1 amide bonds.